The van der Waals surface area contributed by atoms with Gasteiger partial charge < -0.3 is 5.32 Å². The molecule has 0 saturated heterocycles. The Morgan fingerprint density at radius 1 is 1.18 bits per heavy atom. The van der Waals surface area contributed by atoms with E-state index in [4.69, 9.17) is 0 Å². The molecule has 1 N–H and O–H groups in total. The van der Waals surface area contributed by atoms with Gasteiger partial charge >= 0.3 is 0 Å². The zero-order valence-electron chi connectivity index (χ0n) is 10.9. The van der Waals surface area contributed by atoms with Crippen LogP contribution in [-0.4, -0.2) is 11.5 Å². The highest BCUT2D eigenvalue weighted by molar-refractivity contribution is 9.10. The van der Waals surface area contributed by atoms with Crippen LogP contribution in [0.1, 0.15) is 46.0 Å². The van der Waals surface area contributed by atoms with Crippen molar-refractivity contribution < 1.29 is 0 Å². The molecule has 0 saturated carbocycles. The van der Waals surface area contributed by atoms with Crippen LogP contribution in [0, 0.1) is 5.92 Å². The Bertz CT molecular complexity index is 313. The van der Waals surface area contributed by atoms with Gasteiger partial charge in [0.25, 0.3) is 0 Å². The molecule has 3 heteroatoms. The summed E-state index contributed by atoms with van der Waals surface area (Å²) < 4.78 is 1.03. The van der Waals surface area contributed by atoms with Gasteiger partial charge in [-0.05, 0) is 34.3 Å². The van der Waals surface area contributed by atoms with Crippen molar-refractivity contribution in [2.24, 2.45) is 5.92 Å². The van der Waals surface area contributed by atoms with Crippen molar-refractivity contribution in [1.29, 1.82) is 0 Å². The first-order chi connectivity index (χ1) is 8.18. The molecule has 17 heavy (non-hydrogen) atoms. The van der Waals surface area contributed by atoms with Crippen LogP contribution in [-0.2, 0) is 0 Å². The van der Waals surface area contributed by atoms with Crippen molar-refractivity contribution >= 4 is 21.6 Å². The standard InChI is InChI=1S/C14H23BrN2/c1-12(2)7-5-3-4-6-8-17-14-9-13(15)10-16-11-14/h9-12,17H,3-8H2,1-2H3. The van der Waals surface area contributed by atoms with Crippen LogP contribution >= 0.6 is 15.9 Å². The molecule has 0 fully saturated rings. The predicted octanol–water partition coefficient (Wildman–Crippen LogP) is 4.86. The van der Waals surface area contributed by atoms with Gasteiger partial charge in [0.1, 0.15) is 0 Å². The molecule has 0 aromatic carbocycles. The summed E-state index contributed by atoms with van der Waals surface area (Å²) in [5, 5.41) is 3.39. The Labute approximate surface area is 113 Å². The first kappa shape index (κ1) is 14.5. The molecular weight excluding hydrogens is 276 g/mol. The second kappa shape index (κ2) is 8.51. The maximum absolute atomic E-state index is 4.12. The molecule has 0 spiro atoms. The van der Waals surface area contributed by atoms with Crippen molar-refractivity contribution in [3.63, 3.8) is 0 Å². The molecule has 0 aliphatic rings. The van der Waals surface area contributed by atoms with E-state index >= 15 is 0 Å². The average molecular weight is 299 g/mol. The van der Waals surface area contributed by atoms with Gasteiger partial charge in [-0.1, -0.05) is 39.5 Å². The van der Waals surface area contributed by atoms with E-state index in [0.29, 0.717) is 0 Å². The highest BCUT2D eigenvalue weighted by Crippen LogP contribution is 2.14. The lowest BCUT2D eigenvalue weighted by Gasteiger charge is -2.07. The molecule has 96 valence electrons. The van der Waals surface area contributed by atoms with Gasteiger partial charge in [0.2, 0.25) is 0 Å². The van der Waals surface area contributed by atoms with Crippen LogP contribution in [0.2, 0.25) is 0 Å². The van der Waals surface area contributed by atoms with Crippen molar-refractivity contribution in [2.45, 2.75) is 46.0 Å². The number of halogens is 1. The van der Waals surface area contributed by atoms with Crippen LogP contribution in [0.4, 0.5) is 5.69 Å². The van der Waals surface area contributed by atoms with Crippen molar-refractivity contribution in [1.82, 2.24) is 4.98 Å². The highest BCUT2D eigenvalue weighted by atomic mass is 79.9. The molecule has 0 bridgehead atoms. The molecule has 0 unspecified atom stereocenters. The van der Waals surface area contributed by atoms with Gasteiger partial charge in [0.15, 0.2) is 0 Å². The summed E-state index contributed by atoms with van der Waals surface area (Å²) in [6, 6.07) is 2.06. The fourth-order valence-electron chi connectivity index (χ4n) is 1.77. The molecule has 1 rings (SSSR count). The van der Waals surface area contributed by atoms with Crippen molar-refractivity contribution in [3.05, 3.63) is 22.9 Å². The Kier molecular flexibility index (Phi) is 7.25. The van der Waals surface area contributed by atoms with E-state index in [-0.39, 0.29) is 0 Å². The number of hydrogen-bond donors (Lipinski definition) is 1. The maximum Gasteiger partial charge on any atom is 0.0538 e. The smallest absolute Gasteiger partial charge is 0.0538 e. The highest BCUT2D eigenvalue weighted by Gasteiger charge is 1.96. The second-order valence-corrected chi connectivity index (χ2v) is 5.83. The molecule has 1 aromatic rings. The minimum Gasteiger partial charge on any atom is -0.384 e. The molecule has 2 nitrogen and oxygen atoms in total. The summed E-state index contributed by atoms with van der Waals surface area (Å²) in [5.41, 5.74) is 1.10. The quantitative estimate of drug-likeness (QED) is 0.693. The monoisotopic (exact) mass is 298 g/mol. The van der Waals surface area contributed by atoms with E-state index in [2.05, 4.69) is 46.1 Å². The third-order valence-corrected chi connectivity index (χ3v) is 3.18. The lowest BCUT2D eigenvalue weighted by atomic mass is 10.0. The molecule has 1 aromatic heterocycles. The summed E-state index contributed by atoms with van der Waals surface area (Å²) in [6.45, 7) is 5.63. The van der Waals surface area contributed by atoms with Crippen LogP contribution in [0.5, 0.6) is 0 Å². The Morgan fingerprint density at radius 3 is 2.65 bits per heavy atom. The zero-order valence-corrected chi connectivity index (χ0v) is 12.5. The molecule has 0 aliphatic heterocycles. The molecule has 0 amide bonds. The van der Waals surface area contributed by atoms with Crippen LogP contribution in [0.25, 0.3) is 0 Å². The fourth-order valence-corrected chi connectivity index (χ4v) is 2.14. The number of rotatable bonds is 8. The Hall–Kier alpha value is -0.570. The van der Waals surface area contributed by atoms with Crippen LogP contribution < -0.4 is 5.32 Å². The lowest BCUT2D eigenvalue weighted by Crippen LogP contribution is -2.01. The molecule has 0 radical (unpaired) electrons. The third kappa shape index (κ3) is 7.37. The van der Waals surface area contributed by atoms with E-state index in [1.165, 1.54) is 32.1 Å². The molecular formula is C14H23BrN2. The summed E-state index contributed by atoms with van der Waals surface area (Å²) in [5.74, 6) is 0.848. The molecule has 0 atom stereocenters. The van der Waals surface area contributed by atoms with Crippen LogP contribution in [0.15, 0.2) is 22.9 Å². The fraction of sp³-hybridized carbons (Fsp3) is 0.643. The minimum absolute atomic E-state index is 0.848. The van der Waals surface area contributed by atoms with Gasteiger partial charge in [0, 0.05) is 17.2 Å². The van der Waals surface area contributed by atoms with E-state index in [1.807, 2.05) is 6.20 Å². The van der Waals surface area contributed by atoms with Gasteiger partial charge in [0.05, 0.1) is 11.9 Å². The average Bonchev–Trinajstić information content (AvgIpc) is 2.27. The number of pyridine rings is 1. The SMILES string of the molecule is CC(C)CCCCCCNc1cncc(Br)c1. The maximum atomic E-state index is 4.12. The number of unbranched alkanes of at least 4 members (excludes halogenated alkanes) is 3. The van der Waals surface area contributed by atoms with Crippen molar-refractivity contribution in [3.8, 4) is 0 Å². The summed E-state index contributed by atoms with van der Waals surface area (Å²) in [6.07, 6.45) is 10.3. The number of nitrogens with one attached hydrogen (secondary N) is 1. The largest absolute Gasteiger partial charge is 0.384 e. The van der Waals surface area contributed by atoms with E-state index in [0.717, 1.165) is 22.6 Å². The third-order valence-electron chi connectivity index (χ3n) is 2.74. The first-order valence-electron chi connectivity index (χ1n) is 6.53. The van der Waals surface area contributed by atoms with E-state index in [1.54, 1.807) is 6.20 Å². The summed E-state index contributed by atoms with van der Waals surface area (Å²) in [4.78, 5) is 4.12. The van der Waals surface area contributed by atoms with Crippen LogP contribution in [0.3, 0.4) is 0 Å². The summed E-state index contributed by atoms with van der Waals surface area (Å²) in [7, 11) is 0. The number of anilines is 1. The zero-order chi connectivity index (χ0) is 12.5. The normalized spacial score (nSPS) is 10.8. The predicted molar refractivity (Wildman–Crippen MR) is 78.3 cm³/mol. The lowest BCUT2D eigenvalue weighted by molar-refractivity contribution is 0.523. The second-order valence-electron chi connectivity index (χ2n) is 4.92. The Morgan fingerprint density at radius 2 is 1.94 bits per heavy atom. The number of aromatic nitrogens is 1. The van der Waals surface area contributed by atoms with Gasteiger partial charge in [-0.2, -0.15) is 0 Å². The van der Waals surface area contributed by atoms with Crippen molar-refractivity contribution in [2.75, 3.05) is 11.9 Å². The topological polar surface area (TPSA) is 24.9 Å². The van der Waals surface area contributed by atoms with E-state index in [9.17, 15) is 0 Å². The summed E-state index contributed by atoms with van der Waals surface area (Å²) >= 11 is 3.42. The first-order valence-corrected chi connectivity index (χ1v) is 7.32. The van der Waals surface area contributed by atoms with E-state index < -0.39 is 0 Å². The van der Waals surface area contributed by atoms with Gasteiger partial charge in [-0.25, -0.2) is 0 Å². The van der Waals surface area contributed by atoms with Gasteiger partial charge in [-0.3, -0.25) is 4.98 Å². The Balaban J connectivity index is 2.01. The number of hydrogen-bond acceptors (Lipinski definition) is 2. The molecule has 0 aliphatic carbocycles. The minimum atomic E-state index is 0.848. The molecule has 1 heterocycles. The van der Waals surface area contributed by atoms with Gasteiger partial charge in [-0.15, -0.1) is 0 Å². The number of nitrogens with zero attached hydrogens (tertiary/aromatic N) is 1.